The molecule has 1 N–H and O–H groups in total. The van der Waals surface area contributed by atoms with Gasteiger partial charge in [-0.05, 0) is 0 Å². The van der Waals surface area contributed by atoms with Crippen molar-refractivity contribution in [2.75, 3.05) is 0 Å². The van der Waals surface area contributed by atoms with Crippen LogP contribution in [0, 0.1) is 0 Å². The van der Waals surface area contributed by atoms with Crippen molar-refractivity contribution in [3.63, 3.8) is 0 Å². The normalized spacial score (nSPS) is 7.00. The summed E-state index contributed by atoms with van der Waals surface area (Å²) in [4.78, 5) is 18.9. The molecule has 0 rings (SSSR count). The quantitative estimate of drug-likeness (QED) is 0.543. The van der Waals surface area contributed by atoms with Crippen LogP contribution in [0.5, 0.6) is 0 Å². The third-order valence-electron chi connectivity index (χ3n) is 0.301. The second-order valence-corrected chi connectivity index (χ2v) is 1.57. The standard InChI is InChI=1S/C3H4O3.C3H8/c1-2(4)3(5)6;1-3-2/h1H3,(H,5,6);3H2,1-2H3. The molecular formula is C6H12O3. The van der Waals surface area contributed by atoms with Gasteiger partial charge < -0.3 is 5.11 Å². The van der Waals surface area contributed by atoms with E-state index < -0.39 is 11.8 Å². The van der Waals surface area contributed by atoms with E-state index in [2.05, 4.69) is 13.8 Å². The van der Waals surface area contributed by atoms with Crippen LogP contribution in [-0.2, 0) is 9.59 Å². The number of carboxylic acid groups (broad SMARTS) is 1. The SMILES string of the molecule is CC(=O)C(=O)O.CCC. The summed E-state index contributed by atoms with van der Waals surface area (Å²) in [5, 5.41) is 7.64. The van der Waals surface area contributed by atoms with Gasteiger partial charge >= 0.3 is 5.97 Å². The van der Waals surface area contributed by atoms with E-state index in [9.17, 15) is 9.59 Å². The molecule has 0 radical (unpaired) electrons. The highest BCUT2D eigenvalue weighted by Gasteiger charge is 1.98. The molecule has 9 heavy (non-hydrogen) atoms. The summed E-state index contributed by atoms with van der Waals surface area (Å²) in [5.74, 6) is -2.20. The summed E-state index contributed by atoms with van der Waals surface area (Å²) in [6.07, 6.45) is 1.25. The molecule has 0 aromatic heterocycles. The molecular weight excluding hydrogens is 120 g/mol. The first-order valence-electron chi connectivity index (χ1n) is 2.80. The number of Topliss-reactive ketones (excluding diaryl/α,β-unsaturated/α-hetero) is 1. The van der Waals surface area contributed by atoms with Crippen molar-refractivity contribution in [1.82, 2.24) is 0 Å². The van der Waals surface area contributed by atoms with Crippen LogP contribution in [0.2, 0.25) is 0 Å². The molecule has 0 fully saturated rings. The highest BCUT2D eigenvalue weighted by molar-refractivity contribution is 6.31. The third kappa shape index (κ3) is 19.1. The fourth-order valence-corrected chi connectivity index (χ4v) is 0. The molecule has 0 saturated carbocycles. The number of hydrogen-bond acceptors (Lipinski definition) is 2. The Bertz CT molecular complexity index is 84.5. The molecule has 0 aromatic rings. The molecule has 0 aliphatic carbocycles. The molecule has 0 amide bonds. The van der Waals surface area contributed by atoms with Crippen molar-refractivity contribution in [2.45, 2.75) is 27.2 Å². The molecule has 3 nitrogen and oxygen atoms in total. The van der Waals surface area contributed by atoms with E-state index in [-0.39, 0.29) is 0 Å². The van der Waals surface area contributed by atoms with E-state index in [1.54, 1.807) is 0 Å². The Hall–Kier alpha value is -0.860. The first kappa shape index (κ1) is 11.0. The van der Waals surface area contributed by atoms with Gasteiger partial charge in [-0.15, -0.1) is 0 Å². The summed E-state index contributed by atoms with van der Waals surface area (Å²) in [5.41, 5.74) is 0. The van der Waals surface area contributed by atoms with Crippen molar-refractivity contribution in [1.29, 1.82) is 0 Å². The summed E-state index contributed by atoms with van der Waals surface area (Å²) in [6, 6.07) is 0. The zero-order chi connectivity index (χ0) is 7.86. The van der Waals surface area contributed by atoms with Gasteiger partial charge in [-0.1, -0.05) is 20.3 Å². The second-order valence-electron chi connectivity index (χ2n) is 1.57. The van der Waals surface area contributed by atoms with Gasteiger partial charge in [-0.2, -0.15) is 0 Å². The van der Waals surface area contributed by atoms with Gasteiger partial charge in [-0.3, -0.25) is 4.79 Å². The van der Waals surface area contributed by atoms with E-state index in [0.717, 1.165) is 6.92 Å². The molecule has 0 atom stereocenters. The number of rotatable bonds is 1. The highest BCUT2D eigenvalue weighted by Crippen LogP contribution is 1.61. The number of carbonyl (C=O) groups is 2. The maximum Gasteiger partial charge on any atom is 0.371 e. The first-order valence-corrected chi connectivity index (χ1v) is 2.80. The smallest absolute Gasteiger partial charge is 0.371 e. The zero-order valence-corrected chi connectivity index (χ0v) is 5.97. The first-order chi connectivity index (χ1) is 4.06. The van der Waals surface area contributed by atoms with Crippen molar-refractivity contribution in [3.8, 4) is 0 Å². The van der Waals surface area contributed by atoms with Crippen molar-refractivity contribution < 1.29 is 14.7 Å². The third-order valence-corrected chi connectivity index (χ3v) is 0.301. The monoisotopic (exact) mass is 132 g/mol. The molecule has 0 spiro atoms. The Morgan fingerprint density at radius 1 is 1.33 bits per heavy atom. The van der Waals surface area contributed by atoms with Crippen LogP contribution in [0.25, 0.3) is 0 Å². The molecule has 54 valence electrons. The molecule has 0 aliphatic heterocycles. The highest BCUT2D eigenvalue weighted by atomic mass is 16.4. The minimum absolute atomic E-state index is 0.824. The van der Waals surface area contributed by atoms with Crippen molar-refractivity contribution in [3.05, 3.63) is 0 Å². The molecule has 0 aromatic carbocycles. The van der Waals surface area contributed by atoms with E-state index in [1.165, 1.54) is 6.42 Å². The lowest BCUT2D eigenvalue weighted by atomic mass is 10.5. The molecule has 0 bridgehead atoms. The van der Waals surface area contributed by atoms with E-state index in [0.29, 0.717) is 0 Å². The maximum atomic E-state index is 9.54. The van der Waals surface area contributed by atoms with E-state index >= 15 is 0 Å². The van der Waals surface area contributed by atoms with E-state index in [1.807, 2.05) is 0 Å². The zero-order valence-electron chi connectivity index (χ0n) is 5.97. The molecule has 0 aliphatic rings. The van der Waals surface area contributed by atoms with Crippen LogP contribution >= 0.6 is 0 Å². The van der Waals surface area contributed by atoms with Gasteiger partial charge in [0.15, 0.2) is 0 Å². The number of ketones is 1. The van der Waals surface area contributed by atoms with Crippen LogP contribution < -0.4 is 0 Å². The van der Waals surface area contributed by atoms with Gasteiger partial charge in [0.2, 0.25) is 5.78 Å². The topological polar surface area (TPSA) is 54.4 Å². The predicted molar refractivity (Wildman–Crippen MR) is 34.3 cm³/mol. The largest absolute Gasteiger partial charge is 0.476 e. The van der Waals surface area contributed by atoms with Crippen LogP contribution in [0.4, 0.5) is 0 Å². The second kappa shape index (κ2) is 7.14. The lowest BCUT2D eigenvalue weighted by Crippen LogP contribution is -2.05. The van der Waals surface area contributed by atoms with Gasteiger partial charge in [0, 0.05) is 6.92 Å². The van der Waals surface area contributed by atoms with Crippen LogP contribution in [0.3, 0.4) is 0 Å². The number of carboxylic acids is 1. The molecule has 0 heterocycles. The fourth-order valence-electron chi connectivity index (χ4n) is 0. The van der Waals surface area contributed by atoms with Crippen LogP contribution in [0.1, 0.15) is 27.2 Å². The van der Waals surface area contributed by atoms with E-state index in [4.69, 9.17) is 5.11 Å². The number of hydrogen-bond donors (Lipinski definition) is 1. The Balaban J connectivity index is 0. The number of aliphatic carboxylic acids is 1. The minimum Gasteiger partial charge on any atom is -0.476 e. The summed E-state index contributed by atoms with van der Waals surface area (Å²) < 4.78 is 0. The Morgan fingerprint density at radius 2 is 1.44 bits per heavy atom. The van der Waals surface area contributed by atoms with Gasteiger partial charge in [0.25, 0.3) is 0 Å². The van der Waals surface area contributed by atoms with Gasteiger partial charge in [0.1, 0.15) is 0 Å². The van der Waals surface area contributed by atoms with Gasteiger partial charge in [-0.25, -0.2) is 4.79 Å². The summed E-state index contributed by atoms with van der Waals surface area (Å²) in [6.45, 7) is 5.25. The molecule has 3 heteroatoms. The summed E-state index contributed by atoms with van der Waals surface area (Å²) in [7, 11) is 0. The Morgan fingerprint density at radius 3 is 1.44 bits per heavy atom. The van der Waals surface area contributed by atoms with Crippen LogP contribution in [0.15, 0.2) is 0 Å². The fraction of sp³-hybridized carbons (Fsp3) is 0.667. The van der Waals surface area contributed by atoms with Gasteiger partial charge in [0.05, 0.1) is 0 Å². The maximum absolute atomic E-state index is 9.54. The lowest BCUT2D eigenvalue weighted by molar-refractivity contribution is -0.148. The van der Waals surface area contributed by atoms with Crippen LogP contribution in [-0.4, -0.2) is 16.9 Å². The van der Waals surface area contributed by atoms with Crippen molar-refractivity contribution in [2.24, 2.45) is 0 Å². The predicted octanol–water partition coefficient (Wildman–Crippen LogP) is 1.08. The van der Waals surface area contributed by atoms with Crippen molar-refractivity contribution >= 4 is 11.8 Å². The molecule has 0 unspecified atom stereocenters. The number of carbonyl (C=O) groups excluding carboxylic acids is 1. The average Bonchev–Trinajstić information content (AvgIpc) is 1.68. The Kier molecular flexibility index (Phi) is 8.73. The Labute approximate surface area is 54.7 Å². The molecule has 0 saturated heterocycles. The minimum atomic E-state index is -1.38. The lowest BCUT2D eigenvalue weighted by Gasteiger charge is -1.73. The summed E-state index contributed by atoms with van der Waals surface area (Å²) >= 11 is 0. The average molecular weight is 132 g/mol.